The van der Waals surface area contributed by atoms with Crippen molar-refractivity contribution in [3.8, 4) is 0 Å². The normalized spacial score (nSPS) is 20.4. The second-order valence-corrected chi connectivity index (χ2v) is 5.22. The molecule has 1 heterocycles. The number of rotatable bonds is 7. The summed E-state index contributed by atoms with van der Waals surface area (Å²) in [5, 5.41) is 5.98. The van der Waals surface area contributed by atoms with Gasteiger partial charge >= 0.3 is 5.97 Å². The molecule has 4 N–H and O–H groups in total. The molecule has 0 spiro atoms. The fourth-order valence-electron chi connectivity index (χ4n) is 1.66. The van der Waals surface area contributed by atoms with Crippen LogP contribution in [0, 0.1) is 0 Å². The van der Waals surface area contributed by atoms with Gasteiger partial charge in [0.25, 0.3) is 0 Å². The first-order valence-electron chi connectivity index (χ1n) is 6.07. The molecule has 0 aliphatic carbocycles. The molecule has 0 aromatic carbocycles. The van der Waals surface area contributed by atoms with Gasteiger partial charge in [-0.2, -0.15) is 0 Å². The number of unbranched alkanes of at least 4 members (excludes halogenated alkanes) is 1. The molecule has 1 rings (SSSR count). The summed E-state index contributed by atoms with van der Waals surface area (Å²) in [6, 6.07) is -0.620. The van der Waals surface area contributed by atoms with Gasteiger partial charge in [-0.15, -0.1) is 11.8 Å². The average Bonchev–Trinajstić information content (AvgIpc) is 2.90. The number of ether oxygens (including phenoxy) is 1. The van der Waals surface area contributed by atoms with Gasteiger partial charge in [0.2, 0.25) is 5.91 Å². The summed E-state index contributed by atoms with van der Waals surface area (Å²) in [6.45, 7) is 0.621. The Hall–Kier alpha value is -0.790. The Labute approximate surface area is 111 Å². The summed E-state index contributed by atoms with van der Waals surface area (Å²) >= 11 is 1.72. The number of thioether (sulfide) groups is 1. The maximum absolute atomic E-state index is 11.6. The highest BCUT2D eigenvalue weighted by Gasteiger charge is 2.21. The van der Waals surface area contributed by atoms with Crippen LogP contribution in [0.25, 0.3) is 0 Å². The maximum atomic E-state index is 11.6. The minimum atomic E-state index is -0.557. The van der Waals surface area contributed by atoms with Gasteiger partial charge in [0.1, 0.15) is 6.04 Å². The van der Waals surface area contributed by atoms with Crippen LogP contribution < -0.4 is 16.4 Å². The van der Waals surface area contributed by atoms with Crippen LogP contribution in [-0.4, -0.2) is 49.2 Å². The van der Waals surface area contributed by atoms with Crippen LogP contribution in [0.4, 0.5) is 0 Å². The third-order valence-corrected chi connectivity index (χ3v) is 3.72. The van der Waals surface area contributed by atoms with Crippen molar-refractivity contribution < 1.29 is 14.3 Å². The molecule has 2 atom stereocenters. The van der Waals surface area contributed by atoms with Crippen molar-refractivity contribution in [3.05, 3.63) is 0 Å². The molecule has 0 unspecified atom stereocenters. The van der Waals surface area contributed by atoms with Gasteiger partial charge in [0.05, 0.1) is 13.2 Å². The van der Waals surface area contributed by atoms with Crippen molar-refractivity contribution in [1.82, 2.24) is 10.6 Å². The first-order valence-corrected chi connectivity index (χ1v) is 7.23. The molecule has 0 aromatic rings. The Balaban J connectivity index is 2.01. The van der Waals surface area contributed by atoms with E-state index in [0.717, 1.165) is 24.5 Å². The van der Waals surface area contributed by atoms with Crippen molar-refractivity contribution >= 4 is 23.6 Å². The minimum Gasteiger partial charge on any atom is -0.468 e. The predicted molar refractivity (Wildman–Crippen MR) is 71.1 cm³/mol. The van der Waals surface area contributed by atoms with Gasteiger partial charge in [-0.1, -0.05) is 0 Å². The molecule has 0 radical (unpaired) electrons. The number of methoxy groups -OCH3 is 1. The van der Waals surface area contributed by atoms with Crippen molar-refractivity contribution in [1.29, 1.82) is 0 Å². The van der Waals surface area contributed by atoms with Crippen LogP contribution in [0.3, 0.4) is 0 Å². The fraction of sp³-hybridized carbons (Fsp3) is 0.818. The largest absolute Gasteiger partial charge is 0.468 e. The molecule has 18 heavy (non-hydrogen) atoms. The third-order valence-electron chi connectivity index (χ3n) is 2.78. The van der Waals surface area contributed by atoms with Crippen LogP contribution in [0.15, 0.2) is 0 Å². The van der Waals surface area contributed by atoms with Gasteiger partial charge in [0, 0.05) is 18.2 Å². The molecule has 0 aromatic heterocycles. The van der Waals surface area contributed by atoms with Crippen LogP contribution in [0.5, 0.6) is 0 Å². The number of nitrogens with two attached hydrogens (primary N) is 1. The standard InChI is InChI=1S/C11H21N3O3S/c1-17-11(16)8(12)4-2-3-5-13-10(15)9-6-18-7-14-9/h8-9,14H,2-7,12H2,1H3,(H,13,15)/t8-,9-/m0/s1. The molecular formula is C11H21N3O3S. The Morgan fingerprint density at radius 1 is 1.56 bits per heavy atom. The summed E-state index contributed by atoms with van der Waals surface area (Å²) in [5.41, 5.74) is 5.59. The number of nitrogens with one attached hydrogen (secondary N) is 2. The maximum Gasteiger partial charge on any atom is 0.322 e. The van der Waals surface area contributed by atoms with Crippen LogP contribution in [0.2, 0.25) is 0 Å². The lowest BCUT2D eigenvalue weighted by atomic mass is 10.1. The van der Waals surface area contributed by atoms with E-state index in [1.807, 2.05) is 0 Å². The van der Waals surface area contributed by atoms with Gasteiger partial charge in [0.15, 0.2) is 0 Å². The lowest BCUT2D eigenvalue weighted by Crippen LogP contribution is -2.42. The quantitative estimate of drug-likeness (QED) is 0.426. The smallest absolute Gasteiger partial charge is 0.322 e. The van der Waals surface area contributed by atoms with Crippen molar-refractivity contribution in [2.45, 2.75) is 31.3 Å². The van der Waals surface area contributed by atoms with E-state index in [4.69, 9.17) is 5.73 Å². The number of carbonyl (C=O) groups excluding carboxylic acids is 2. The molecule has 1 aliphatic heterocycles. The molecule has 1 aliphatic rings. The number of esters is 1. The van der Waals surface area contributed by atoms with Crippen LogP contribution in [-0.2, 0) is 14.3 Å². The molecule has 104 valence electrons. The number of carbonyl (C=O) groups is 2. The van der Waals surface area contributed by atoms with Crippen LogP contribution in [0.1, 0.15) is 19.3 Å². The summed E-state index contributed by atoms with van der Waals surface area (Å²) in [4.78, 5) is 22.6. The number of hydrogen-bond acceptors (Lipinski definition) is 6. The van der Waals surface area contributed by atoms with E-state index >= 15 is 0 Å². The summed E-state index contributed by atoms with van der Waals surface area (Å²) < 4.78 is 4.53. The zero-order chi connectivity index (χ0) is 13.4. The highest BCUT2D eigenvalue weighted by molar-refractivity contribution is 7.99. The second-order valence-electron chi connectivity index (χ2n) is 4.19. The lowest BCUT2D eigenvalue weighted by molar-refractivity contribution is -0.142. The van der Waals surface area contributed by atoms with Crippen LogP contribution >= 0.6 is 11.8 Å². The van der Waals surface area contributed by atoms with Gasteiger partial charge in [-0.25, -0.2) is 0 Å². The third kappa shape index (κ3) is 5.24. The molecule has 1 fully saturated rings. The lowest BCUT2D eigenvalue weighted by Gasteiger charge is -2.11. The molecular weight excluding hydrogens is 254 g/mol. The molecule has 7 heteroatoms. The van der Waals surface area contributed by atoms with Gasteiger partial charge in [-0.05, 0) is 19.3 Å². The van der Waals surface area contributed by atoms with E-state index in [1.54, 1.807) is 11.8 Å². The Morgan fingerprint density at radius 3 is 2.94 bits per heavy atom. The molecule has 0 saturated carbocycles. The van der Waals surface area contributed by atoms with E-state index in [0.29, 0.717) is 13.0 Å². The van der Waals surface area contributed by atoms with Gasteiger partial charge in [-0.3, -0.25) is 14.9 Å². The highest BCUT2D eigenvalue weighted by atomic mass is 32.2. The summed E-state index contributed by atoms with van der Waals surface area (Å²) in [6.07, 6.45) is 2.19. The molecule has 6 nitrogen and oxygen atoms in total. The monoisotopic (exact) mass is 275 g/mol. The Morgan fingerprint density at radius 2 is 2.33 bits per heavy atom. The Kier molecular flexibility index (Phi) is 7.07. The molecule has 1 amide bonds. The SMILES string of the molecule is COC(=O)[C@@H](N)CCCCNC(=O)[C@@H]1CSCN1. The topological polar surface area (TPSA) is 93.4 Å². The first kappa shape index (κ1) is 15.3. The predicted octanol–water partition coefficient (Wildman–Crippen LogP) is -0.564. The molecule has 0 bridgehead atoms. The van der Waals surface area contributed by atoms with Crippen molar-refractivity contribution in [3.63, 3.8) is 0 Å². The van der Waals surface area contributed by atoms with E-state index in [-0.39, 0.29) is 17.9 Å². The summed E-state index contributed by atoms with van der Waals surface area (Å²) in [7, 11) is 1.33. The van der Waals surface area contributed by atoms with Crippen molar-refractivity contribution in [2.24, 2.45) is 5.73 Å². The molecule has 1 saturated heterocycles. The zero-order valence-electron chi connectivity index (χ0n) is 10.6. The first-order chi connectivity index (χ1) is 8.65. The zero-order valence-corrected chi connectivity index (χ0v) is 11.4. The fourth-order valence-corrected chi connectivity index (χ4v) is 2.60. The average molecular weight is 275 g/mol. The van der Waals surface area contributed by atoms with E-state index in [2.05, 4.69) is 15.4 Å². The Bertz CT molecular complexity index is 283. The van der Waals surface area contributed by atoms with E-state index in [9.17, 15) is 9.59 Å². The van der Waals surface area contributed by atoms with E-state index < -0.39 is 6.04 Å². The minimum absolute atomic E-state index is 0.0530. The number of amides is 1. The number of hydrogen-bond donors (Lipinski definition) is 3. The second kappa shape index (κ2) is 8.34. The van der Waals surface area contributed by atoms with E-state index in [1.165, 1.54) is 7.11 Å². The van der Waals surface area contributed by atoms with Crippen molar-refractivity contribution in [2.75, 3.05) is 25.3 Å². The summed E-state index contributed by atoms with van der Waals surface area (Å²) in [5.74, 6) is 1.34. The highest BCUT2D eigenvalue weighted by Crippen LogP contribution is 2.09. The van der Waals surface area contributed by atoms with Gasteiger partial charge < -0.3 is 15.8 Å².